The lowest BCUT2D eigenvalue weighted by Crippen LogP contribution is -2.64. The van der Waals surface area contributed by atoms with Crippen LogP contribution in [0.15, 0.2) is 216 Å². The highest BCUT2D eigenvalue weighted by atomic mass is 32.2. The zero-order chi connectivity index (χ0) is 54.8. The van der Waals surface area contributed by atoms with Crippen LogP contribution in [0.1, 0.15) is 136 Å². The number of fused-ring (bicyclic) bond motifs is 15. The minimum absolute atomic E-state index is 0.0489. The van der Waals surface area contributed by atoms with Crippen molar-refractivity contribution >= 4 is 73.1 Å². The Bertz CT molecular complexity index is 4780. The average Bonchev–Trinajstić information content (AvgIpc) is 0.923. The van der Waals surface area contributed by atoms with Crippen molar-refractivity contribution in [1.82, 2.24) is 13.7 Å². The molecule has 1 unspecified atom stereocenters. The SMILES string of the molecule is c1ccc(C2(c3ccccc3)c3cc(-n4c5c(c6ccccc64)CCCC5)ccc3B3c4cc(-n5c6c(c7ccccc75)CCC6)cc(-n5c6c(c7ccccc75)CCC6)c4Sc4cc(C5C6=C(CCCCC6)c6ccccc65)cc2c43)cc1. The van der Waals surface area contributed by atoms with E-state index in [1.165, 1.54) is 182 Å². The fraction of sp³-hybridized carbons (Fsp3) is 0.215. The number of nitrogens with zero attached hydrogens (tertiary/aromatic N) is 3. The summed E-state index contributed by atoms with van der Waals surface area (Å²) in [6.07, 6.45) is 17.6. The highest BCUT2D eigenvalue weighted by Gasteiger charge is 2.52. The first-order chi connectivity index (χ1) is 41.7. The molecular formula is C79H64BN3S. The lowest BCUT2D eigenvalue weighted by Gasteiger charge is -2.47. The van der Waals surface area contributed by atoms with E-state index in [-0.39, 0.29) is 12.6 Å². The Morgan fingerprint density at radius 1 is 0.417 bits per heavy atom. The van der Waals surface area contributed by atoms with Crippen molar-refractivity contribution < 1.29 is 0 Å². The van der Waals surface area contributed by atoms with E-state index in [1.54, 1.807) is 22.3 Å². The molecule has 84 heavy (non-hydrogen) atoms. The van der Waals surface area contributed by atoms with Crippen LogP contribution in [-0.4, -0.2) is 20.4 Å². The van der Waals surface area contributed by atoms with Crippen LogP contribution >= 0.6 is 11.8 Å². The first-order valence-electron chi connectivity index (χ1n) is 31.7. The maximum Gasteiger partial charge on any atom is 0.245 e. The average molecular weight is 1100 g/mol. The zero-order valence-electron chi connectivity index (χ0n) is 47.6. The predicted octanol–water partition coefficient (Wildman–Crippen LogP) is 16.9. The van der Waals surface area contributed by atoms with Gasteiger partial charge < -0.3 is 13.7 Å². The second kappa shape index (κ2) is 18.4. The molecule has 0 saturated carbocycles. The molecule has 2 aliphatic heterocycles. The molecule has 0 N–H and O–H groups in total. The van der Waals surface area contributed by atoms with Crippen molar-refractivity contribution in [2.24, 2.45) is 0 Å². The summed E-state index contributed by atoms with van der Waals surface area (Å²) >= 11 is 2.08. The Labute approximate surface area is 496 Å². The van der Waals surface area contributed by atoms with Crippen LogP contribution in [0.3, 0.4) is 0 Å². The molecule has 404 valence electrons. The van der Waals surface area contributed by atoms with Crippen LogP contribution in [-0.2, 0) is 43.9 Å². The third kappa shape index (κ3) is 6.57. The quantitative estimate of drug-likeness (QED) is 0.151. The van der Waals surface area contributed by atoms with E-state index in [4.69, 9.17) is 0 Å². The van der Waals surface area contributed by atoms with Crippen LogP contribution < -0.4 is 16.4 Å². The monoisotopic (exact) mass is 1100 g/mol. The third-order valence-corrected chi connectivity index (χ3v) is 22.7. The molecule has 0 bridgehead atoms. The second-order valence-electron chi connectivity index (χ2n) is 25.5. The van der Waals surface area contributed by atoms with Crippen molar-refractivity contribution in [1.29, 1.82) is 0 Å². The molecule has 0 spiro atoms. The van der Waals surface area contributed by atoms with Gasteiger partial charge in [0, 0.05) is 60.3 Å². The maximum absolute atomic E-state index is 2.78. The first kappa shape index (κ1) is 48.2. The van der Waals surface area contributed by atoms with E-state index in [1.807, 2.05) is 0 Å². The number of aryl methyl sites for hydroxylation is 3. The molecule has 0 fully saturated rings. The van der Waals surface area contributed by atoms with Crippen LogP contribution in [0, 0.1) is 0 Å². The highest BCUT2D eigenvalue weighted by molar-refractivity contribution is 8.00. The number of aromatic nitrogens is 3. The molecule has 12 aromatic rings. The Morgan fingerprint density at radius 3 is 1.68 bits per heavy atom. The Kier molecular flexibility index (Phi) is 10.5. The summed E-state index contributed by atoms with van der Waals surface area (Å²) in [6, 6.07) is 79.7. The summed E-state index contributed by atoms with van der Waals surface area (Å²) in [5, 5.41) is 4.25. The normalized spacial score (nSPS) is 17.9. The minimum Gasteiger partial charge on any atom is -0.313 e. The molecule has 1 atom stereocenters. The van der Waals surface area contributed by atoms with Crippen LogP contribution in [0.2, 0.25) is 0 Å². The summed E-state index contributed by atoms with van der Waals surface area (Å²) in [7, 11) is 0. The van der Waals surface area contributed by atoms with E-state index in [9.17, 15) is 0 Å². The van der Waals surface area contributed by atoms with Gasteiger partial charge in [-0.2, -0.15) is 0 Å². The molecule has 0 radical (unpaired) electrons. The smallest absolute Gasteiger partial charge is 0.245 e. The van der Waals surface area contributed by atoms with Crippen LogP contribution in [0.25, 0.3) is 55.3 Å². The van der Waals surface area contributed by atoms with Gasteiger partial charge in [-0.3, -0.25) is 0 Å². The summed E-state index contributed by atoms with van der Waals surface area (Å²) in [5.74, 6) is 0.189. The zero-order valence-corrected chi connectivity index (χ0v) is 48.4. The number of para-hydroxylation sites is 3. The van der Waals surface area contributed by atoms with E-state index in [0.29, 0.717) is 0 Å². The summed E-state index contributed by atoms with van der Waals surface area (Å²) in [6.45, 7) is -0.0489. The van der Waals surface area contributed by atoms with Gasteiger partial charge in [-0.25, -0.2) is 0 Å². The summed E-state index contributed by atoms with van der Waals surface area (Å²) in [5.41, 5.74) is 33.8. The largest absolute Gasteiger partial charge is 0.313 e. The van der Waals surface area contributed by atoms with Gasteiger partial charge in [0.25, 0.3) is 0 Å². The van der Waals surface area contributed by atoms with E-state index >= 15 is 0 Å². The number of benzene rings is 9. The number of rotatable bonds is 6. The molecular weight excluding hydrogens is 1030 g/mol. The minimum atomic E-state index is -0.667. The molecule has 9 aromatic carbocycles. The van der Waals surface area contributed by atoms with Gasteiger partial charge in [0.2, 0.25) is 6.71 Å². The predicted molar refractivity (Wildman–Crippen MR) is 349 cm³/mol. The molecule has 5 heteroatoms. The van der Waals surface area contributed by atoms with Crippen molar-refractivity contribution in [3.8, 4) is 17.1 Å². The van der Waals surface area contributed by atoms with Gasteiger partial charge in [-0.15, -0.1) is 0 Å². The van der Waals surface area contributed by atoms with E-state index in [2.05, 4.69) is 226 Å². The molecule has 3 aromatic heterocycles. The third-order valence-electron chi connectivity index (χ3n) is 21.5. The molecule has 5 heterocycles. The van der Waals surface area contributed by atoms with Gasteiger partial charge in [-0.1, -0.05) is 192 Å². The second-order valence-corrected chi connectivity index (χ2v) is 26.5. The van der Waals surface area contributed by atoms with Gasteiger partial charge in [-0.05, 0) is 200 Å². The number of hydrogen-bond donors (Lipinski definition) is 0. The fourth-order valence-electron chi connectivity index (χ4n) is 18.3. The lowest BCUT2D eigenvalue weighted by atomic mass is 9.30. The molecule has 3 nitrogen and oxygen atoms in total. The fourth-order valence-corrected chi connectivity index (χ4v) is 19.6. The molecule has 0 saturated heterocycles. The standard InChI is InChI=1S/C79H64BN3S/c1-4-22-50(23-5-1)79(51-24-6-2-7-25-51)64-46-52(81-68-36-16-12-28-56(68)57-29-13-17-37-69(57)81)42-43-66(64)80-67-47-53(82-70-38-18-14-30-58(70)60-34-20-40-71(60)82)48-74(83-72-39-19-15-31-59(72)61-35-21-41-73(61)83)78(67)84-75-45-49(44-65(79)77(75)80)76-62-32-9-3-8-26-54(62)55-27-10-11-33-63(55)76/h1-2,4-7,10-12,14-16,18-19,22-25,27-28,30-31,33,36,38-39,42-48,76H,3,8-9,13,17,20-21,26,29,32,34-35,37,40-41H2. The van der Waals surface area contributed by atoms with E-state index in [0.717, 1.165) is 51.4 Å². The van der Waals surface area contributed by atoms with Gasteiger partial charge >= 0.3 is 0 Å². The highest BCUT2D eigenvalue weighted by Crippen LogP contribution is 2.55. The van der Waals surface area contributed by atoms with Crippen molar-refractivity contribution in [3.63, 3.8) is 0 Å². The van der Waals surface area contributed by atoms with Crippen molar-refractivity contribution in [2.45, 2.75) is 117 Å². The van der Waals surface area contributed by atoms with Gasteiger partial charge in [0.05, 0.1) is 27.7 Å². The van der Waals surface area contributed by atoms with Crippen molar-refractivity contribution in [3.05, 3.63) is 278 Å². The Hall–Kier alpha value is -8.25. The van der Waals surface area contributed by atoms with Crippen LogP contribution in [0.5, 0.6) is 0 Å². The lowest BCUT2D eigenvalue weighted by molar-refractivity contribution is 0.666. The van der Waals surface area contributed by atoms with Gasteiger partial charge in [0.15, 0.2) is 0 Å². The molecule has 5 aliphatic carbocycles. The number of hydrogen-bond acceptors (Lipinski definition) is 1. The Balaban J connectivity index is 0.976. The van der Waals surface area contributed by atoms with Gasteiger partial charge in [0.1, 0.15) is 0 Å². The maximum atomic E-state index is 2.78. The topological polar surface area (TPSA) is 14.8 Å². The summed E-state index contributed by atoms with van der Waals surface area (Å²) in [4.78, 5) is 2.81. The Morgan fingerprint density at radius 2 is 0.976 bits per heavy atom. The molecule has 0 amide bonds. The first-order valence-corrected chi connectivity index (χ1v) is 32.5. The van der Waals surface area contributed by atoms with Crippen LogP contribution in [0.4, 0.5) is 0 Å². The molecule has 19 rings (SSSR count). The summed E-state index contributed by atoms with van der Waals surface area (Å²) < 4.78 is 8.16. The van der Waals surface area contributed by atoms with E-state index < -0.39 is 5.41 Å². The number of allylic oxidation sites excluding steroid dienone is 2. The molecule has 7 aliphatic rings. The van der Waals surface area contributed by atoms with Crippen molar-refractivity contribution in [2.75, 3.05) is 0 Å².